The first-order chi connectivity index (χ1) is 12.4. The van der Waals surface area contributed by atoms with Crippen LogP contribution in [-0.2, 0) is 25.5 Å². The molecule has 0 aliphatic heterocycles. The van der Waals surface area contributed by atoms with Crippen molar-refractivity contribution in [2.24, 2.45) is 5.92 Å². The molecule has 0 saturated heterocycles. The van der Waals surface area contributed by atoms with Crippen molar-refractivity contribution in [3.05, 3.63) is 11.5 Å². The van der Waals surface area contributed by atoms with Crippen molar-refractivity contribution >= 4 is 34.7 Å². The second-order valence-corrected chi connectivity index (χ2v) is 6.04. The van der Waals surface area contributed by atoms with E-state index in [1.807, 2.05) is 18.4 Å². The van der Waals surface area contributed by atoms with E-state index in [9.17, 15) is 4.79 Å². The minimum Gasteiger partial charge on any atom is -0.466 e. The Morgan fingerprint density at radius 3 is 2.62 bits per heavy atom. The molecule has 0 radical (unpaired) electrons. The van der Waals surface area contributed by atoms with E-state index in [0.717, 1.165) is 0 Å². The number of nitrogen functional groups attached to an aromatic ring is 1. The molecule has 0 amide bonds. The molecule has 2 aromatic rings. The number of hydrogen-bond acceptors (Lipinski definition) is 8. The first-order valence-corrected chi connectivity index (χ1v) is 8.82. The van der Waals surface area contributed by atoms with Gasteiger partial charge in [-0.15, -0.1) is 0 Å². The third-order valence-corrected chi connectivity index (χ3v) is 3.91. The van der Waals surface area contributed by atoms with Crippen LogP contribution >= 0.6 is 11.6 Å². The predicted molar refractivity (Wildman–Crippen MR) is 96.5 cm³/mol. The van der Waals surface area contributed by atoms with Crippen molar-refractivity contribution in [2.75, 3.05) is 25.6 Å². The fraction of sp³-hybridized carbons (Fsp3) is 0.625. The molecule has 2 heterocycles. The minimum absolute atomic E-state index is 0.0716. The second kappa shape index (κ2) is 9.65. The third-order valence-electron chi connectivity index (χ3n) is 3.65. The highest BCUT2D eigenvalue weighted by atomic mass is 35.5. The quantitative estimate of drug-likeness (QED) is 0.375. The highest BCUT2D eigenvalue weighted by Gasteiger charge is 2.21. The van der Waals surface area contributed by atoms with Crippen LogP contribution in [0.3, 0.4) is 0 Å². The van der Waals surface area contributed by atoms with Gasteiger partial charge in [0.05, 0.1) is 12.9 Å². The van der Waals surface area contributed by atoms with Crippen molar-refractivity contribution in [3.63, 3.8) is 0 Å². The van der Waals surface area contributed by atoms with Crippen LogP contribution in [0.4, 0.5) is 5.95 Å². The Morgan fingerprint density at radius 1 is 1.31 bits per heavy atom. The molecular weight excluding hydrogens is 362 g/mol. The Hall–Kier alpha value is -1.97. The van der Waals surface area contributed by atoms with E-state index in [1.165, 1.54) is 6.92 Å². The molecule has 26 heavy (non-hydrogen) atoms. The molecule has 1 atom stereocenters. The van der Waals surface area contributed by atoms with Crippen molar-refractivity contribution in [3.8, 4) is 0 Å². The van der Waals surface area contributed by atoms with Gasteiger partial charge in [0.2, 0.25) is 5.95 Å². The maximum absolute atomic E-state index is 11.2. The third kappa shape index (κ3) is 5.52. The number of esters is 1. The number of imidazole rings is 1. The minimum atomic E-state index is -0.386. The van der Waals surface area contributed by atoms with Gasteiger partial charge >= 0.3 is 5.97 Å². The summed E-state index contributed by atoms with van der Waals surface area (Å²) in [6.07, 6.45) is 1.77. The molecule has 2 N–H and O–H groups in total. The summed E-state index contributed by atoms with van der Waals surface area (Å²) in [5, 5.41) is 0.198. The maximum Gasteiger partial charge on any atom is 0.302 e. The number of carbonyl (C=O) groups excluding carboxylic acids is 1. The van der Waals surface area contributed by atoms with Crippen LogP contribution < -0.4 is 5.73 Å². The summed E-state index contributed by atoms with van der Waals surface area (Å²) >= 11 is 6.07. The summed E-state index contributed by atoms with van der Waals surface area (Å²) in [4.78, 5) is 23.6. The molecule has 144 valence electrons. The summed E-state index contributed by atoms with van der Waals surface area (Å²) in [5.41, 5.74) is 6.68. The zero-order valence-corrected chi connectivity index (χ0v) is 15.9. The molecule has 2 rings (SSSR count). The van der Waals surface area contributed by atoms with Crippen LogP contribution in [0.2, 0.25) is 5.15 Å². The van der Waals surface area contributed by atoms with Gasteiger partial charge in [0, 0.05) is 39.0 Å². The fourth-order valence-electron chi connectivity index (χ4n) is 2.60. The summed E-state index contributed by atoms with van der Waals surface area (Å²) in [6.45, 7) is 6.93. The number of rotatable bonds is 10. The van der Waals surface area contributed by atoms with E-state index in [4.69, 9.17) is 31.5 Å². The highest BCUT2D eigenvalue weighted by molar-refractivity contribution is 6.33. The number of halogens is 1. The summed E-state index contributed by atoms with van der Waals surface area (Å²) in [6, 6.07) is 0. The molecule has 0 fully saturated rings. The standard InChI is InChI=1S/C16H24ClN5O4/c1-4-24-12(25-5-2)6-11(8-26-10(3)23)7-22-9-19-13-14(17)20-16(18)21-15(13)22/h9,11-12H,4-8H2,1-3H3,(H2,18,20,21)/t11-/m1/s1. The van der Waals surface area contributed by atoms with Gasteiger partial charge in [-0.05, 0) is 13.8 Å². The van der Waals surface area contributed by atoms with Crippen LogP contribution in [0.1, 0.15) is 27.2 Å². The molecule has 0 saturated carbocycles. The smallest absolute Gasteiger partial charge is 0.302 e. The van der Waals surface area contributed by atoms with Crippen molar-refractivity contribution in [2.45, 2.75) is 40.0 Å². The lowest BCUT2D eigenvalue weighted by molar-refractivity contribution is -0.156. The van der Waals surface area contributed by atoms with Gasteiger partial charge in [0.15, 0.2) is 17.1 Å². The molecule has 0 aromatic carbocycles. The average molecular weight is 386 g/mol. The Labute approximate surface area is 156 Å². The van der Waals surface area contributed by atoms with Gasteiger partial charge in [0.1, 0.15) is 5.52 Å². The van der Waals surface area contributed by atoms with Crippen molar-refractivity contribution < 1.29 is 19.0 Å². The predicted octanol–water partition coefficient (Wildman–Crippen LogP) is 2.03. The van der Waals surface area contributed by atoms with Crippen LogP contribution in [-0.4, -0.2) is 51.6 Å². The van der Waals surface area contributed by atoms with Gasteiger partial charge < -0.3 is 24.5 Å². The van der Waals surface area contributed by atoms with E-state index in [2.05, 4.69) is 15.0 Å². The molecule has 0 unspecified atom stereocenters. The van der Waals surface area contributed by atoms with Gasteiger partial charge in [-0.3, -0.25) is 4.79 Å². The SMILES string of the molecule is CCOC(C[C@@H](COC(C)=O)Cn1cnc2c(Cl)nc(N)nc21)OCC. The van der Waals surface area contributed by atoms with Gasteiger partial charge in [-0.2, -0.15) is 9.97 Å². The van der Waals surface area contributed by atoms with E-state index < -0.39 is 0 Å². The Balaban J connectivity index is 2.21. The number of carbonyl (C=O) groups is 1. The van der Waals surface area contributed by atoms with Gasteiger partial charge in [-0.25, -0.2) is 4.98 Å². The number of anilines is 1. The number of fused-ring (bicyclic) bond motifs is 1. The lowest BCUT2D eigenvalue weighted by Crippen LogP contribution is -2.27. The van der Waals surface area contributed by atoms with Crippen LogP contribution in [0.5, 0.6) is 0 Å². The van der Waals surface area contributed by atoms with Gasteiger partial charge in [0.25, 0.3) is 0 Å². The highest BCUT2D eigenvalue weighted by Crippen LogP contribution is 2.22. The Morgan fingerprint density at radius 2 is 2.00 bits per heavy atom. The number of hydrogen-bond donors (Lipinski definition) is 1. The summed E-state index contributed by atoms with van der Waals surface area (Å²) in [5.74, 6) is -0.346. The fourth-order valence-corrected chi connectivity index (χ4v) is 2.82. The monoisotopic (exact) mass is 385 g/mol. The topological polar surface area (TPSA) is 114 Å². The van der Waals surface area contributed by atoms with Crippen LogP contribution in [0.25, 0.3) is 11.2 Å². The lowest BCUT2D eigenvalue weighted by Gasteiger charge is -2.23. The Kier molecular flexibility index (Phi) is 7.55. The molecular formula is C16H24ClN5O4. The first kappa shape index (κ1) is 20.3. The maximum atomic E-state index is 11.2. The van der Waals surface area contributed by atoms with E-state index in [-0.39, 0.29) is 35.9 Å². The van der Waals surface area contributed by atoms with Crippen molar-refractivity contribution in [1.29, 1.82) is 0 Å². The molecule has 0 aliphatic rings. The summed E-state index contributed by atoms with van der Waals surface area (Å²) < 4.78 is 18.2. The van der Waals surface area contributed by atoms with E-state index in [0.29, 0.717) is 37.3 Å². The summed E-state index contributed by atoms with van der Waals surface area (Å²) in [7, 11) is 0. The number of nitrogens with zero attached hydrogens (tertiary/aromatic N) is 4. The van der Waals surface area contributed by atoms with E-state index >= 15 is 0 Å². The molecule has 2 aromatic heterocycles. The molecule has 0 bridgehead atoms. The Bertz CT molecular complexity index is 733. The average Bonchev–Trinajstić information content (AvgIpc) is 2.96. The first-order valence-electron chi connectivity index (χ1n) is 8.44. The van der Waals surface area contributed by atoms with Crippen LogP contribution in [0, 0.1) is 5.92 Å². The van der Waals surface area contributed by atoms with Gasteiger partial charge in [-0.1, -0.05) is 11.6 Å². The lowest BCUT2D eigenvalue weighted by atomic mass is 10.1. The second-order valence-electron chi connectivity index (χ2n) is 5.69. The molecule has 9 nitrogen and oxygen atoms in total. The zero-order chi connectivity index (χ0) is 19.1. The van der Waals surface area contributed by atoms with Crippen molar-refractivity contribution in [1.82, 2.24) is 19.5 Å². The number of nitrogens with two attached hydrogens (primary N) is 1. The van der Waals surface area contributed by atoms with E-state index in [1.54, 1.807) is 6.33 Å². The zero-order valence-electron chi connectivity index (χ0n) is 15.1. The number of ether oxygens (including phenoxy) is 3. The molecule has 0 spiro atoms. The molecule has 10 heteroatoms. The normalized spacial score (nSPS) is 12.7. The largest absolute Gasteiger partial charge is 0.466 e. The number of aromatic nitrogens is 4. The molecule has 0 aliphatic carbocycles. The van der Waals surface area contributed by atoms with Crippen LogP contribution in [0.15, 0.2) is 6.33 Å².